The maximum atomic E-state index is 8.63. The second kappa shape index (κ2) is 6.07. The van der Waals surface area contributed by atoms with Crippen LogP contribution in [0.4, 0.5) is 5.69 Å². The van der Waals surface area contributed by atoms with Crippen molar-refractivity contribution in [2.75, 3.05) is 31.7 Å². The number of aliphatic hydroxyl groups is 1. The zero-order valence-electron chi connectivity index (χ0n) is 11.4. The number of benzene rings is 2. The predicted molar refractivity (Wildman–Crippen MR) is 81.1 cm³/mol. The minimum Gasteiger partial charge on any atom is -0.394 e. The SMILES string of the molecule is OCCOCCNc1ccc2c(c1)Cc1ccccc1-2. The highest BCUT2D eigenvalue weighted by Gasteiger charge is 2.17. The Labute approximate surface area is 119 Å². The fourth-order valence-electron chi connectivity index (χ4n) is 2.69. The second-order valence-corrected chi connectivity index (χ2v) is 4.97. The molecule has 3 rings (SSSR count). The monoisotopic (exact) mass is 269 g/mol. The minimum atomic E-state index is 0.0805. The van der Waals surface area contributed by atoms with E-state index < -0.39 is 0 Å². The summed E-state index contributed by atoms with van der Waals surface area (Å²) < 4.78 is 5.24. The molecule has 0 bridgehead atoms. The number of aliphatic hydroxyl groups excluding tert-OH is 1. The zero-order chi connectivity index (χ0) is 13.8. The third-order valence-electron chi connectivity index (χ3n) is 3.60. The highest BCUT2D eigenvalue weighted by Crippen LogP contribution is 2.37. The molecule has 2 aromatic rings. The highest BCUT2D eigenvalue weighted by molar-refractivity contribution is 5.78. The van der Waals surface area contributed by atoms with Gasteiger partial charge < -0.3 is 15.2 Å². The second-order valence-electron chi connectivity index (χ2n) is 4.97. The van der Waals surface area contributed by atoms with Crippen molar-refractivity contribution in [3.63, 3.8) is 0 Å². The van der Waals surface area contributed by atoms with Crippen molar-refractivity contribution in [3.05, 3.63) is 53.6 Å². The van der Waals surface area contributed by atoms with Crippen molar-refractivity contribution in [3.8, 4) is 11.1 Å². The molecule has 1 aliphatic carbocycles. The molecule has 0 amide bonds. The van der Waals surface area contributed by atoms with Crippen LogP contribution in [0.15, 0.2) is 42.5 Å². The number of fused-ring (bicyclic) bond motifs is 3. The number of nitrogens with one attached hydrogen (secondary N) is 1. The summed E-state index contributed by atoms with van der Waals surface area (Å²) in [6, 6.07) is 15.1. The summed E-state index contributed by atoms with van der Waals surface area (Å²) in [7, 11) is 0. The van der Waals surface area contributed by atoms with E-state index in [0.717, 1.165) is 18.7 Å². The largest absolute Gasteiger partial charge is 0.394 e. The van der Waals surface area contributed by atoms with Crippen molar-refractivity contribution >= 4 is 5.69 Å². The van der Waals surface area contributed by atoms with Gasteiger partial charge in [0.2, 0.25) is 0 Å². The van der Waals surface area contributed by atoms with Gasteiger partial charge in [-0.05, 0) is 40.8 Å². The van der Waals surface area contributed by atoms with E-state index in [1.807, 2.05) is 0 Å². The van der Waals surface area contributed by atoms with Crippen LogP contribution in [-0.4, -0.2) is 31.5 Å². The van der Waals surface area contributed by atoms with Crippen molar-refractivity contribution in [2.45, 2.75) is 6.42 Å². The first kappa shape index (κ1) is 13.2. The van der Waals surface area contributed by atoms with Crippen LogP contribution in [0.1, 0.15) is 11.1 Å². The molecule has 0 radical (unpaired) electrons. The van der Waals surface area contributed by atoms with Gasteiger partial charge in [-0.1, -0.05) is 30.3 Å². The van der Waals surface area contributed by atoms with E-state index in [0.29, 0.717) is 13.2 Å². The van der Waals surface area contributed by atoms with E-state index in [9.17, 15) is 0 Å². The van der Waals surface area contributed by atoms with E-state index >= 15 is 0 Å². The third-order valence-corrected chi connectivity index (χ3v) is 3.60. The number of hydrogen-bond acceptors (Lipinski definition) is 3. The van der Waals surface area contributed by atoms with Crippen molar-refractivity contribution < 1.29 is 9.84 Å². The summed E-state index contributed by atoms with van der Waals surface area (Å²) >= 11 is 0. The predicted octanol–water partition coefficient (Wildman–Crippen LogP) is 2.68. The summed E-state index contributed by atoms with van der Waals surface area (Å²) in [5.41, 5.74) is 6.63. The molecule has 0 spiro atoms. The van der Waals surface area contributed by atoms with Crippen LogP contribution in [0, 0.1) is 0 Å². The molecule has 2 N–H and O–H groups in total. The molecule has 104 valence electrons. The molecule has 0 atom stereocenters. The molecule has 0 unspecified atom stereocenters. The quantitative estimate of drug-likeness (QED) is 0.676. The van der Waals surface area contributed by atoms with Crippen molar-refractivity contribution in [1.82, 2.24) is 0 Å². The molecule has 0 aliphatic heterocycles. The molecule has 1 aliphatic rings. The van der Waals surface area contributed by atoms with Crippen LogP contribution < -0.4 is 5.32 Å². The van der Waals surface area contributed by atoms with Crippen LogP contribution >= 0.6 is 0 Å². The molecular weight excluding hydrogens is 250 g/mol. The Balaban J connectivity index is 1.65. The number of rotatable bonds is 6. The minimum absolute atomic E-state index is 0.0805. The Morgan fingerprint density at radius 3 is 2.75 bits per heavy atom. The van der Waals surface area contributed by atoms with E-state index in [-0.39, 0.29) is 6.61 Å². The van der Waals surface area contributed by atoms with E-state index in [1.54, 1.807) is 0 Å². The van der Waals surface area contributed by atoms with Gasteiger partial charge in [0.1, 0.15) is 0 Å². The summed E-state index contributed by atoms with van der Waals surface area (Å²) in [5.74, 6) is 0. The van der Waals surface area contributed by atoms with Gasteiger partial charge in [-0.25, -0.2) is 0 Å². The van der Waals surface area contributed by atoms with Crippen LogP contribution in [0.5, 0.6) is 0 Å². The maximum Gasteiger partial charge on any atom is 0.0698 e. The van der Waals surface area contributed by atoms with Gasteiger partial charge in [0.25, 0.3) is 0 Å². The first-order valence-electron chi connectivity index (χ1n) is 7.02. The first-order valence-corrected chi connectivity index (χ1v) is 7.02. The van der Waals surface area contributed by atoms with Gasteiger partial charge in [-0.2, -0.15) is 0 Å². The lowest BCUT2D eigenvalue weighted by Crippen LogP contribution is -2.11. The zero-order valence-corrected chi connectivity index (χ0v) is 11.4. The third kappa shape index (κ3) is 2.69. The Morgan fingerprint density at radius 1 is 1.00 bits per heavy atom. The van der Waals surface area contributed by atoms with E-state index in [4.69, 9.17) is 9.84 Å². The summed E-state index contributed by atoms with van der Waals surface area (Å²) in [4.78, 5) is 0. The smallest absolute Gasteiger partial charge is 0.0698 e. The molecule has 2 aromatic carbocycles. The van der Waals surface area contributed by atoms with Gasteiger partial charge in [0.05, 0.1) is 19.8 Å². The van der Waals surface area contributed by atoms with Crippen LogP contribution in [0.25, 0.3) is 11.1 Å². The standard InChI is InChI=1S/C17H19NO2/c19-8-10-20-9-7-18-15-5-6-17-14(12-15)11-13-3-1-2-4-16(13)17/h1-6,12,18-19H,7-11H2. The van der Waals surface area contributed by atoms with Crippen molar-refractivity contribution in [1.29, 1.82) is 0 Å². The lowest BCUT2D eigenvalue weighted by Gasteiger charge is -2.09. The molecule has 0 fully saturated rings. The van der Waals surface area contributed by atoms with Gasteiger partial charge in [-0.15, -0.1) is 0 Å². The molecule has 0 saturated carbocycles. The fraction of sp³-hybridized carbons (Fsp3) is 0.294. The topological polar surface area (TPSA) is 41.5 Å². The molecule has 0 aromatic heterocycles. The summed E-state index contributed by atoms with van der Waals surface area (Å²) in [6.45, 7) is 1.85. The normalized spacial score (nSPS) is 12.1. The molecular formula is C17H19NO2. The number of anilines is 1. The average molecular weight is 269 g/mol. The van der Waals surface area contributed by atoms with Crippen LogP contribution in [-0.2, 0) is 11.2 Å². The molecule has 0 saturated heterocycles. The van der Waals surface area contributed by atoms with Gasteiger partial charge in [0, 0.05) is 12.2 Å². The van der Waals surface area contributed by atoms with Gasteiger partial charge in [0.15, 0.2) is 0 Å². The lowest BCUT2D eigenvalue weighted by molar-refractivity contribution is 0.0992. The summed E-state index contributed by atoms with van der Waals surface area (Å²) in [5, 5.41) is 12.0. The van der Waals surface area contributed by atoms with E-state index in [1.165, 1.54) is 22.3 Å². The van der Waals surface area contributed by atoms with E-state index in [2.05, 4.69) is 47.8 Å². The first-order chi connectivity index (χ1) is 9.88. The lowest BCUT2D eigenvalue weighted by atomic mass is 10.1. The Kier molecular flexibility index (Phi) is 4.00. The van der Waals surface area contributed by atoms with Gasteiger partial charge >= 0.3 is 0 Å². The fourth-order valence-corrected chi connectivity index (χ4v) is 2.69. The van der Waals surface area contributed by atoms with Gasteiger partial charge in [-0.3, -0.25) is 0 Å². The summed E-state index contributed by atoms with van der Waals surface area (Å²) in [6.07, 6.45) is 1.02. The van der Waals surface area contributed by atoms with Crippen molar-refractivity contribution in [2.24, 2.45) is 0 Å². The molecule has 3 nitrogen and oxygen atoms in total. The Hall–Kier alpha value is -1.84. The van der Waals surface area contributed by atoms with Crippen LogP contribution in [0.3, 0.4) is 0 Å². The average Bonchev–Trinajstić information content (AvgIpc) is 2.84. The Morgan fingerprint density at radius 2 is 1.85 bits per heavy atom. The van der Waals surface area contributed by atoms with Crippen LogP contribution in [0.2, 0.25) is 0 Å². The molecule has 0 heterocycles. The Bertz CT molecular complexity index is 595. The maximum absolute atomic E-state index is 8.63. The molecule has 20 heavy (non-hydrogen) atoms. The molecule has 3 heteroatoms. The number of ether oxygens (including phenoxy) is 1. The number of hydrogen-bond donors (Lipinski definition) is 2. The highest BCUT2D eigenvalue weighted by atomic mass is 16.5.